The molecule has 1 N–H and O–H groups in total. The van der Waals surface area contributed by atoms with E-state index in [9.17, 15) is 5.26 Å². The van der Waals surface area contributed by atoms with Gasteiger partial charge in [0.2, 0.25) is 5.13 Å². The molecule has 0 aliphatic heterocycles. The fourth-order valence-corrected chi connectivity index (χ4v) is 4.92. The fraction of sp³-hybridized carbons (Fsp3) is 0.423. The first-order valence-corrected chi connectivity index (χ1v) is 13.0. The number of nitriles is 1. The number of aromatic amines is 1. The summed E-state index contributed by atoms with van der Waals surface area (Å²) in [5.74, 6) is 1.35. The second-order valence-electron chi connectivity index (χ2n) is 11.4. The predicted octanol–water partition coefficient (Wildman–Crippen LogP) is 6.86. The summed E-state index contributed by atoms with van der Waals surface area (Å²) in [6.07, 6.45) is 0. The van der Waals surface area contributed by atoms with Crippen molar-refractivity contribution in [2.45, 2.75) is 72.1 Å². The predicted molar refractivity (Wildman–Crippen MR) is 144 cm³/mol. The maximum Gasteiger partial charge on any atom is 0.213 e. The number of thiazole rings is 1. The van der Waals surface area contributed by atoms with Gasteiger partial charge in [0.05, 0.1) is 21.6 Å². The normalized spacial score (nSPS) is 13.0. The average Bonchev–Trinajstić information content (AvgIpc) is 3.55. The minimum Gasteiger partial charge on any atom is -0.323 e. The molecule has 0 unspecified atom stereocenters. The van der Waals surface area contributed by atoms with E-state index < -0.39 is 0 Å². The monoisotopic (exact) mass is 514 g/mol. The van der Waals surface area contributed by atoms with E-state index in [0.717, 1.165) is 21.7 Å². The Balaban J connectivity index is 1.74. The van der Waals surface area contributed by atoms with Gasteiger partial charge in [0, 0.05) is 16.7 Å². The summed E-state index contributed by atoms with van der Waals surface area (Å²) in [6.45, 7) is 16.4. The van der Waals surface area contributed by atoms with Crippen molar-refractivity contribution in [2.24, 2.45) is 10.2 Å². The molecule has 37 heavy (non-hydrogen) atoms. The zero-order valence-electron chi connectivity index (χ0n) is 22.3. The van der Waals surface area contributed by atoms with Crippen molar-refractivity contribution < 1.29 is 0 Å². The number of rotatable bonds is 4. The zero-order chi connectivity index (χ0) is 26.7. The summed E-state index contributed by atoms with van der Waals surface area (Å²) in [5, 5.41) is 34.3. The van der Waals surface area contributed by atoms with Crippen LogP contribution in [-0.4, -0.2) is 34.6 Å². The van der Waals surface area contributed by atoms with Crippen molar-refractivity contribution in [1.29, 1.82) is 5.26 Å². The lowest BCUT2D eigenvalue weighted by molar-refractivity contribution is 0.555. The molecule has 0 fully saturated rings. The van der Waals surface area contributed by atoms with Crippen molar-refractivity contribution in [3.8, 4) is 11.2 Å². The van der Waals surface area contributed by atoms with Gasteiger partial charge in [-0.15, -0.1) is 20.0 Å². The summed E-state index contributed by atoms with van der Waals surface area (Å²) in [5.41, 5.74) is 3.21. The van der Waals surface area contributed by atoms with Gasteiger partial charge >= 0.3 is 0 Å². The van der Waals surface area contributed by atoms with Gasteiger partial charge in [0.15, 0.2) is 17.2 Å². The third-order valence-corrected chi connectivity index (χ3v) is 6.95. The Morgan fingerprint density at radius 1 is 0.973 bits per heavy atom. The Kier molecular flexibility index (Phi) is 5.75. The number of aromatic nitrogens is 7. The van der Waals surface area contributed by atoms with Gasteiger partial charge in [-0.25, -0.2) is 4.98 Å². The van der Waals surface area contributed by atoms with Gasteiger partial charge in [-0.05, 0) is 12.1 Å². The Labute approximate surface area is 219 Å². The van der Waals surface area contributed by atoms with Crippen LogP contribution < -0.4 is 0 Å². The van der Waals surface area contributed by atoms with Crippen molar-refractivity contribution in [1.82, 2.24) is 34.6 Å². The zero-order valence-corrected chi connectivity index (χ0v) is 23.1. The van der Waals surface area contributed by atoms with Crippen molar-refractivity contribution in [2.75, 3.05) is 0 Å². The van der Waals surface area contributed by atoms with E-state index >= 15 is 0 Å². The second-order valence-corrected chi connectivity index (χ2v) is 12.4. The Hall–Kier alpha value is -3.91. The van der Waals surface area contributed by atoms with E-state index in [0.29, 0.717) is 33.5 Å². The number of azo groups is 1. The lowest BCUT2D eigenvalue weighted by Gasteiger charge is -2.15. The molecule has 5 aromatic rings. The highest BCUT2D eigenvalue weighted by Gasteiger charge is 2.30. The number of fused-ring (bicyclic) bond motifs is 2. The van der Waals surface area contributed by atoms with E-state index in [1.54, 1.807) is 9.31 Å². The second kappa shape index (κ2) is 8.59. The van der Waals surface area contributed by atoms with Crippen LogP contribution in [0.4, 0.5) is 11.5 Å². The molecule has 10 nitrogen and oxygen atoms in total. The molecule has 11 heteroatoms. The maximum absolute atomic E-state index is 10.2. The number of H-pyrrole nitrogens is 1. The molecule has 0 bridgehead atoms. The van der Waals surface area contributed by atoms with Crippen LogP contribution in [0, 0.1) is 11.3 Å². The van der Waals surface area contributed by atoms with Crippen LogP contribution in [0.1, 0.15) is 84.1 Å². The summed E-state index contributed by atoms with van der Waals surface area (Å²) >= 11 is 1.49. The number of hydrogen-bond acceptors (Lipinski definition) is 8. The topological polar surface area (TPSA) is 125 Å². The van der Waals surface area contributed by atoms with E-state index in [1.165, 1.54) is 11.3 Å². The molecule has 5 rings (SSSR count). The highest BCUT2D eigenvalue weighted by atomic mass is 32.1. The molecular weight excluding hydrogens is 484 g/mol. The fourth-order valence-electron chi connectivity index (χ4n) is 4.00. The molecule has 0 aliphatic carbocycles. The molecule has 0 radical (unpaired) electrons. The van der Waals surface area contributed by atoms with Crippen LogP contribution in [-0.2, 0) is 10.8 Å². The van der Waals surface area contributed by atoms with Crippen LogP contribution in [0.5, 0.6) is 0 Å². The Morgan fingerprint density at radius 3 is 2.30 bits per heavy atom. The first-order valence-electron chi connectivity index (χ1n) is 12.2. The number of nitrogens with zero attached hydrogens (tertiary/aromatic N) is 9. The van der Waals surface area contributed by atoms with E-state index in [2.05, 4.69) is 61.0 Å². The largest absolute Gasteiger partial charge is 0.323 e. The van der Waals surface area contributed by atoms with Gasteiger partial charge < -0.3 is 4.98 Å². The third-order valence-electron chi connectivity index (χ3n) is 5.94. The van der Waals surface area contributed by atoms with Gasteiger partial charge in [-0.2, -0.15) is 20.1 Å². The molecular formula is C26H30N10S. The van der Waals surface area contributed by atoms with Crippen molar-refractivity contribution in [3.05, 3.63) is 47.0 Å². The minimum atomic E-state index is -0.381. The summed E-state index contributed by atoms with van der Waals surface area (Å²) in [4.78, 5) is 8.12. The molecule has 1 aromatic carbocycles. The SMILES string of the molecule is CC(C)c1nn2nc(C(C)(C)C)c(/N=N/c3c(C#N)c(C(C)(C)C)nn3-c3nc4ccccc4s3)c2[nH]1. The number of hydrogen-bond donors (Lipinski definition) is 1. The molecule has 0 aliphatic rings. The lowest BCUT2D eigenvalue weighted by atomic mass is 9.90. The van der Waals surface area contributed by atoms with Gasteiger partial charge in [0.25, 0.3) is 0 Å². The number of nitrogens with one attached hydrogen (secondary N) is 1. The summed E-state index contributed by atoms with van der Waals surface area (Å²) < 4.78 is 4.25. The summed E-state index contributed by atoms with van der Waals surface area (Å²) in [6, 6.07) is 10.2. The minimum absolute atomic E-state index is 0.199. The molecule has 0 amide bonds. The Bertz CT molecular complexity index is 1660. The van der Waals surface area contributed by atoms with Crippen molar-refractivity contribution in [3.63, 3.8) is 0 Å². The molecule has 4 heterocycles. The average molecular weight is 515 g/mol. The molecule has 0 saturated heterocycles. The van der Waals surface area contributed by atoms with Crippen LogP contribution in [0.25, 0.3) is 21.0 Å². The van der Waals surface area contributed by atoms with E-state index in [1.807, 2.05) is 45.0 Å². The number of para-hydroxylation sites is 1. The maximum atomic E-state index is 10.2. The molecule has 0 spiro atoms. The number of benzene rings is 1. The first-order chi connectivity index (χ1) is 17.4. The smallest absolute Gasteiger partial charge is 0.213 e. The quantitative estimate of drug-likeness (QED) is 0.262. The Morgan fingerprint density at radius 2 is 1.68 bits per heavy atom. The van der Waals surface area contributed by atoms with Gasteiger partial charge in [0.1, 0.15) is 17.5 Å². The van der Waals surface area contributed by atoms with Crippen LogP contribution in [0.15, 0.2) is 34.5 Å². The van der Waals surface area contributed by atoms with E-state index in [4.69, 9.17) is 15.2 Å². The molecule has 4 aromatic heterocycles. The van der Waals surface area contributed by atoms with E-state index in [-0.39, 0.29) is 16.7 Å². The van der Waals surface area contributed by atoms with Gasteiger partial charge in [-0.3, -0.25) is 0 Å². The highest BCUT2D eigenvalue weighted by Crippen LogP contribution is 2.38. The lowest BCUT2D eigenvalue weighted by Crippen LogP contribution is -2.14. The molecule has 190 valence electrons. The first kappa shape index (κ1) is 24.8. The van der Waals surface area contributed by atoms with Crippen LogP contribution >= 0.6 is 11.3 Å². The standard InChI is InChI=1S/C26H30N10S/c1-14(2)21-29-23-18(20(26(6,7)8)33-36(23)34-21)30-31-22-15(13-27)19(25(3,4)5)32-35(22)24-28-16-11-9-10-12-17(16)37-24/h9-12,14H,1-8H3,(H,29,34)/b31-30+. The molecule has 0 saturated carbocycles. The summed E-state index contributed by atoms with van der Waals surface area (Å²) in [7, 11) is 0. The molecule has 0 atom stereocenters. The van der Waals surface area contributed by atoms with Gasteiger partial charge in [-0.1, -0.05) is 78.9 Å². The van der Waals surface area contributed by atoms with Crippen LogP contribution in [0.2, 0.25) is 0 Å². The van der Waals surface area contributed by atoms with Crippen molar-refractivity contribution >= 4 is 38.7 Å². The highest BCUT2D eigenvalue weighted by molar-refractivity contribution is 7.20. The third kappa shape index (κ3) is 4.31. The van der Waals surface area contributed by atoms with Crippen LogP contribution in [0.3, 0.4) is 0 Å².